The lowest BCUT2D eigenvalue weighted by molar-refractivity contribution is -0.167. The van der Waals surface area contributed by atoms with Crippen LogP contribution in [0.5, 0.6) is 0 Å². The molecule has 5 heterocycles. The zero-order valence-corrected chi connectivity index (χ0v) is 41.1. The Kier molecular flexibility index (Phi) is 11.6. The fourth-order valence-corrected chi connectivity index (χ4v) is 18.7. The molecule has 0 aromatic heterocycles. The molecule has 0 amide bonds. The second kappa shape index (κ2) is 17.2. The van der Waals surface area contributed by atoms with Crippen molar-refractivity contribution in [2.24, 2.45) is 118 Å². The first-order chi connectivity index (χ1) is 32.7. The van der Waals surface area contributed by atoms with Crippen molar-refractivity contribution in [2.75, 3.05) is 0 Å². The maximum atomic E-state index is 13.0. The molecule has 13 nitrogen and oxygen atoms in total. The van der Waals surface area contributed by atoms with Gasteiger partial charge < -0.3 is 33.2 Å². The highest BCUT2D eigenvalue weighted by molar-refractivity contribution is 5.84. The monoisotopic (exact) mass is 945 g/mol. The SMILES string of the molecule is CC1C(C)C2CC1C1C3CC(C(=O)OC4C(=O)OC5CCCC54)C(C3)C21.CC1C2CC(C(=O)OC3C(=O)OC4CCCC43)C(C2)C1C.CC1C2CC(C(=O)OC3C(=O)OC4CCCC43)C(O2)C1C. The highest BCUT2D eigenvalue weighted by atomic mass is 16.6. The van der Waals surface area contributed by atoms with Gasteiger partial charge in [0.15, 0.2) is 0 Å². The summed E-state index contributed by atoms with van der Waals surface area (Å²) in [4.78, 5) is 74.0. The average molecular weight is 945 g/mol. The third kappa shape index (κ3) is 7.17. The Bertz CT molecular complexity index is 1960. The first-order valence-electron chi connectivity index (χ1n) is 27.5. The first-order valence-corrected chi connectivity index (χ1v) is 27.5. The van der Waals surface area contributed by atoms with Crippen molar-refractivity contribution in [2.45, 2.75) is 187 Å². The molecule has 28 unspecified atom stereocenters. The summed E-state index contributed by atoms with van der Waals surface area (Å²) < 4.78 is 39.0. The molecule has 13 heteroatoms. The van der Waals surface area contributed by atoms with E-state index in [0.29, 0.717) is 35.5 Å². The topological polar surface area (TPSA) is 167 Å². The molecule has 0 aromatic rings. The predicted molar refractivity (Wildman–Crippen MR) is 241 cm³/mol. The Morgan fingerprint density at radius 3 is 1.31 bits per heavy atom. The number of carbonyl (C=O) groups excluding carboxylic acids is 6. The second-order valence-corrected chi connectivity index (χ2v) is 25.1. The van der Waals surface area contributed by atoms with E-state index in [1.807, 2.05) is 0 Å². The van der Waals surface area contributed by atoms with Gasteiger partial charge in [-0.15, -0.1) is 0 Å². The normalized spacial score (nSPS) is 54.0. The molecule has 5 saturated heterocycles. The Morgan fingerprint density at radius 2 is 0.838 bits per heavy atom. The minimum atomic E-state index is -0.683. The van der Waals surface area contributed by atoms with Gasteiger partial charge in [-0.25, -0.2) is 14.4 Å². The quantitative estimate of drug-likeness (QED) is 0.145. The number of hydrogen-bond acceptors (Lipinski definition) is 13. The van der Waals surface area contributed by atoms with E-state index in [1.54, 1.807) is 0 Å². The van der Waals surface area contributed by atoms with Crippen LogP contribution in [0.2, 0.25) is 0 Å². The minimum absolute atomic E-state index is 0.00221. The van der Waals surface area contributed by atoms with E-state index in [1.165, 1.54) is 12.8 Å². The minimum Gasteiger partial charge on any atom is -0.459 e. The Balaban J connectivity index is 0.000000107. The van der Waals surface area contributed by atoms with Crippen LogP contribution in [0.4, 0.5) is 0 Å². The number of hydrogen-bond donors (Lipinski definition) is 0. The van der Waals surface area contributed by atoms with Crippen LogP contribution in [0, 0.1) is 118 Å². The van der Waals surface area contributed by atoms with Gasteiger partial charge in [0.2, 0.25) is 18.3 Å². The first kappa shape index (κ1) is 45.9. The number of rotatable bonds is 6. The van der Waals surface area contributed by atoms with E-state index in [0.717, 1.165) is 131 Å². The third-order valence-electron chi connectivity index (χ3n) is 22.7. The lowest BCUT2D eigenvalue weighted by Gasteiger charge is -2.43. The molecule has 14 rings (SSSR count). The van der Waals surface area contributed by atoms with Crippen molar-refractivity contribution in [3.05, 3.63) is 0 Å². The van der Waals surface area contributed by atoms with Crippen LogP contribution in [-0.2, 0) is 61.9 Å². The molecule has 0 spiro atoms. The molecule has 0 aromatic carbocycles. The number of ether oxygens (including phenoxy) is 7. The summed E-state index contributed by atoms with van der Waals surface area (Å²) in [6, 6.07) is 0. The van der Waals surface area contributed by atoms with Gasteiger partial charge in [0.1, 0.15) is 18.3 Å². The maximum absolute atomic E-state index is 13.0. The van der Waals surface area contributed by atoms with E-state index in [-0.39, 0.29) is 102 Å². The highest BCUT2D eigenvalue weighted by Gasteiger charge is 2.67. The largest absolute Gasteiger partial charge is 0.459 e. The van der Waals surface area contributed by atoms with E-state index < -0.39 is 18.3 Å². The van der Waals surface area contributed by atoms with Crippen molar-refractivity contribution in [3.8, 4) is 0 Å². The van der Waals surface area contributed by atoms with Crippen molar-refractivity contribution < 1.29 is 61.9 Å². The fourth-order valence-electron chi connectivity index (χ4n) is 18.7. The molecular formula is C55H76O13. The molecule has 28 atom stereocenters. The molecule has 0 radical (unpaired) electrons. The van der Waals surface area contributed by atoms with E-state index in [2.05, 4.69) is 41.5 Å². The molecule has 14 aliphatic rings. The van der Waals surface area contributed by atoms with Gasteiger partial charge >= 0.3 is 35.8 Å². The summed E-state index contributed by atoms with van der Waals surface area (Å²) in [5.74, 6) is 8.19. The Hall–Kier alpha value is -3.22. The van der Waals surface area contributed by atoms with Gasteiger partial charge in [0.25, 0.3) is 0 Å². The molecule has 374 valence electrons. The summed E-state index contributed by atoms with van der Waals surface area (Å²) in [5, 5.41) is 0. The lowest BCUT2D eigenvalue weighted by Crippen LogP contribution is -2.42. The summed E-state index contributed by atoms with van der Waals surface area (Å²) in [7, 11) is 0. The van der Waals surface area contributed by atoms with Crippen LogP contribution < -0.4 is 0 Å². The summed E-state index contributed by atoms with van der Waals surface area (Å²) in [6.45, 7) is 13.7. The molecule has 5 aliphatic heterocycles. The van der Waals surface area contributed by atoms with Gasteiger partial charge in [-0.05, 0) is 179 Å². The van der Waals surface area contributed by atoms with Crippen LogP contribution in [0.15, 0.2) is 0 Å². The second-order valence-electron chi connectivity index (χ2n) is 25.1. The van der Waals surface area contributed by atoms with Gasteiger partial charge in [-0.2, -0.15) is 0 Å². The zero-order valence-electron chi connectivity index (χ0n) is 41.1. The van der Waals surface area contributed by atoms with E-state index in [4.69, 9.17) is 33.2 Å². The molecule has 14 fully saturated rings. The number of carbonyl (C=O) groups is 6. The average Bonchev–Trinajstić information content (AvgIpc) is 4.13. The third-order valence-corrected chi connectivity index (χ3v) is 22.7. The summed E-state index contributed by atoms with van der Waals surface area (Å²) in [6.07, 6.45) is 13.3. The van der Waals surface area contributed by atoms with Crippen LogP contribution in [0.1, 0.15) is 138 Å². The molecule has 8 bridgehead atoms. The van der Waals surface area contributed by atoms with Crippen LogP contribution in [0.25, 0.3) is 0 Å². The molecule has 9 aliphatic carbocycles. The maximum Gasteiger partial charge on any atom is 0.348 e. The zero-order chi connectivity index (χ0) is 47.2. The van der Waals surface area contributed by atoms with Gasteiger partial charge in [0, 0.05) is 17.8 Å². The standard InChI is InChI=1S/C22H30O4.C17H24O4.C16H22O5/c1-9-10(2)14-8-13(9)18-11-6-15(19(14)18)16(7-11)21(23)26-20-12-4-3-5-17(12)25-22(20)24;1-8-9(2)12-6-10(8)7-13(12)16(18)21-15-11-4-3-5-14(11)20-17(15)19;1-7-8(2)13-10(6-12(7)19-13)15(17)21-14-9-4-3-5-11(9)20-16(14)18/h9-20H,3-8H2,1-2H3;8-15H,3-7H2,1-2H3;7-14H,3-6H2,1-2H3. The van der Waals surface area contributed by atoms with Crippen LogP contribution in [-0.4, -0.2) is 84.6 Å². The van der Waals surface area contributed by atoms with Crippen molar-refractivity contribution in [1.29, 1.82) is 0 Å². The summed E-state index contributed by atoms with van der Waals surface area (Å²) in [5.41, 5.74) is 0. The highest BCUT2D eigenvalue weighted by Crippen LogP contribution is 2.71. The smallest absolute Gasteiger partial charge is 0.348 e. The van der Waals surface area contributed by atoms with Crippen molar-refractivity contribution in [1.82, 2.24) is 0 Å². The lowest BCUT2D eigenvalue weighted by atomic mass is 9.62. The van der Waals surface area contributed by atoms with E-state index in [9.17, 15) is 28.8 Å². The fraction of sp³-hybridized carbons (Fsp3) is 0.891. The van der Waals surface area contributed by atoms with Crippen LogP contribution >= 0.6 is 0 Å². The Morgan fingerprint density at radius 1 is 0.397 bits per heavy atom. The molecule has 0 N–H and O–H groups in total. The van der Waals surface area contributed by atoms with Crippen LogP contribution in [0.3, 0.4) is 0 Å². The number of fused-ring (bicyclic) bond motifs is 16. The summed E-state index contributed by atoms with van der Waals surface area (Å²) >= 11 is 0. The molecule has 68 heavy (non-hydrogen) atoms. The number of esters is 6. The molecular weight excluding hydrogens is 869 g/mol. The van der Waals surface area contributed by atoms with E-state index >= 15 is 0 Å². The van der Waals surface area contributed by atoms with Gasteiger partial charge in [-0.1, -0.05) is 41.5 Å². The van der Waals surface area contributed by atoms with Crippen molar-refractivity contribution >= 4 is 35.8 Å². The van der Waals surface area contributed by atoms with Gasteiger partial charge in [0.05, 0.1) is 30.0 Å². The Labute approximate surface area is 401 Å². The van der Waals surface area contributed by atoms with Crippen molar-refractivity contribution in [3.63, 3.8) is 0 Å². The predicted octanol–water partition coefficient (Wildman–Crippen LogP) is 7.67. The molecule has 9 saturated carbocycles. The van der Waals surface area contributed by atoms with Gasteiger partial charge in [-0.3, -0.25) is 14.4 Å².